The number of ketones is 1. The van der Waals surface area contributed by atoms with Gasteiger partial charge in [-0.15, -0.1) is 10.2 Å². The Morgan fingerprint density at radius 1 is 1.23 bits per heavy atom. The number of nitrogens with zero attached hydrogens (tertiary/aromatic N) is 3. The van der Waals surface area contributed by atoms with Crippen molar-refractivity contribution in [2.24, 2.45) is 7.05 Å². The molecule has 0 aliphatic heterocycles. The average molecular weight is 371 g/mol. The molecule has 2 aromatic heterocycles. The van der Waals surface area contributed by atoms with Gasteiger partial charge in [0.25, 0.3) is 5.22 Å². The van der Waals surface area contributed by atoms with Gasteiger partial charge < -0.3 is 13.7 Å². The van der Waals surface area contributed by atoms with Gasteiger partial charge in [-0.05, 0) is 51.1 Å². The highest BCUT2D eigenvalue weighted by Gasteiger charge is 2.16. The van der Waals surface area contributed by atoms with Crippen molar-refractivity contribution in [2.75, 3.05) is 12.4 Å². The van der Waals surface area contributed by atoms with Crippen molar-refractivity contribution in [1.29, 1.82) is 0 Å². The third-order valence-corrected chi connectivity index (χ3v) is 5.04. The van der Waals surface area contributed by atoms with Gasteiger partial charge in [-0.25, -0.2) is 0 Å². The SMILES string of the molecule is CCOc1ccc(-c2nnc(SCC(=O)c3cc(C)n(C)c3C)o2)cc1. The molecule has 2 heterocycles. The molecule has 0 radical (unpaired) electrons. The first kappa shape index (κ1) is 18.3. The molecule has 0 amide bonds. The Labute approximate surface area is 156 Å². The summed E-state index contributed by atoms with van der Waals surface area (Å²) in [5.74, 6) is 1.53. The number of benzene rings is 1. The Bertz CT molecular complexity index is 913. The van der Waals surface area contributed by atoms with Crippen LogP contribution in [0.4, 0.5) is 0 Å². The molecule has 7 heteroatoms. The summed E-state index contributed by atoms with van der Waals surface area (Å²) in [6, 6.07) is 9.37. The summed E-state index contributed by atoms with van der Waals surface area (Å²) in [4.78, 5) is 12.4. The van der Waals surface area contributed by atoms with E-state index in [1.807, 2.05) is 62.7 Å². The fourth-order valence-corrected chi connectivity index (χ4v) is 3.23. The third-order valence-electron chi connectivity index (χ3n) is 4.22. The molecule has 1 aromatic carbocycles. The summed E-state index contributed by atoms with van der Waals surface area (Å²) in [6.45, 7) is 6.49. The van der Waals surface area contributed by atoms with E-state index < -0.39 is 0 Å². The van der Waals surface area contributed by atoms with E-state index in [0.29, 0.717) is 17.7 Å². The van der Waals surface area contributed by atoms with Crippen LogP contribution in [0, 0.1) is 13.8 Å². The van der Waals surface area contributed by atoms with Crippen molar-refractivity contribution >= 4 is 17.5 Å². The highest BCUT2D eigenvalue weighted by Crippen LogP contribution is 2.26. The second-order valence-electron chi connectivity index (χ2n) is 5.89. The standard InChI is InChI=1S/C19H21N3O3S/c1-5-24-15-8-6-14(7-9-15)18-20-21-19(25-18)26-11-17(23)16-10-12(2)22(4)13(16)3/h6-10H,5,11H2,1-4H3. The largest absolute Gasteiger partial charge is 0.494 e. The Hall–Kier alpha value is -2.54. The fraction of sp³-hybridized carbons (Fsp3) is 0.316. The maximum absolute atomic E-state index is 12.4. The van der Waals surface area contributed by atoms with Crippen LogP contribution in [0.5, 0.6) is 5.75 Å². The molecule has 0 N–H and O–H groups in total. The van der Waals surface area contributed by atoms with E-state index in [2.05, 4.69) is 10.2 Å². The number of hydrogen-bond donors (Lipinski definition) is 0. The van der Waals surface area contributed by atoms with Crippen LogP contribution in [0.1, 0.15) is 28.7 Å². The van der Waals surface area contributed by atoms with Crippen LogP contribution >= 0.6 is 11.8 Å². The zero-order chi connectivity index (χ0) is 18.7. The molecule has 0 saturated carbocycles. The molecule has 6 nitrogen and oxygen atoms in total. The van der Waals surface area contributed by atoms with Crippen LogP contribution in [0.2, 0.25) is 0 Å². The summed E-state index contributed by atoms with van der Waals surface area (Å²) >= 11 is 1.25. The van der Waals surface area contributed by atoms with Gasteiger partial charge in [0.15, 0.2) is 5.78 Å². The van der Waals surface area contributed by atoms with E-state index in [0.717, 1.165) is 28.3 Å². The molecular formula is C19H21N3O3S. The number of aromatic nitrogens is 3. The van der Waals surface area contributed by atoms with Crippen LogP contribution in [-0.2, 0) is 7.05 Å². The predicted molar refractivity (Wildman–Crippen MR) is 101 cm³/mol. The normalized spacial score (nSPS) is 10.9. The lowest BCUT2D eigenvalue weighted by Gasteiger charge is -2.02. The molecule has 3 aromatic rings. The summed E-state index contributed by atoms with van der Waals surface area (Å²) in [5, 5.41) is 8.46. The van der Waals surface area contributed by atoms with Crippen molar-refractivity contribution in [3.63, 3.8) is 0 Å². The second kappa shape index (κ2) is 7.78. The fourth-order valence-electron chi connectivity index (χ4n) is 2.59. The monoisotopic (exact) mass is 371 g/mol. The van der Waals surface area contributed by atoms with Crippen LogP contribution in [0.3, 0.4) is 0 Å². The summed E-state index contributed by atoms with van der Waals surface area (Å²) in [7, 11) is 1.95. The summed E-state index contributed by atoms with van der Waals surface area (Å²) in [5.41, 5.74) is 3.58. The molecule has 0 unspecified atom stereocenters. The average Bonchev–Trinajstić information content (AvgIpc) is 3.21. The summed E-state index contributed by atoms with van der Waals surface area (Å²) < 4.78 is 13.1. The Kier molecular flexibility index (Phi) is 5.46. The van der Waals surface area contributed by atoms with E-state index in [1.165, 1.54) is 11.8 Å². The Balaban J connectivity index is 1.65. The quantitative estimate of drug-likeness (QED) is 0.461. The topological polar surface area (TPSA) is 70.2 Å². The molecule has 0 spiro atoms. The number of carbonyl (C=O) groups excluding carboxylic acids is 1. The molecule has 26 heavy (non-hydrogen) atoms. The highest BCUT2D eigenvalue weighted by molar-refractivity contribution is 7.99. The van der Waals surface area contributed by atoms with Crippen LogP contribution in [0.25, 0.3) is 11.5 Å². The van der Waals surface area contributed by atoms with E-state index in [1.54, 1.807) is 0 Å². The lowest BCUT2D eigenvalue weighted by atomic mass is 10.2. The van der Waals surface area contributed by atoms with Crippen molar-refractivity contribution in [3.05, 3.63) is 47.3 Å². The van der Waals surface area contributed by atoms with Crippen LogP contribution < -0.4 is 4.74 Å². The van der Waals surface area contributed by atoms with Gasteiger partial charge in [-0.1, -0.05) is 11.8 Å². The van der Waals surface area contributed by atoms with Crippen molar-refractivity contribution in [3.8, 4) is 17.2 Å². The number of Topliss-reactive ketones (excluding diaryl/α,β-unsaturated/α-hetero) is 1. The number of rotatable bonds is 7. The van der Waals surface area contributed by atoms with Gasteiger partial charge in [0.05, 0.1) is 12.4 Å². The Morgan fingerprint density at radius 2 is 1.96 bits per heavy atom. The number of carbonyl (C=O) groups is 1. The highest BCUT2D eigenvalue weighted by atomic mass is 32.2. The van der Waals surface area contributed by atoms with E-state index in [4.69, 9.17) is 9.15 Å². The zero-order valence-electron chi connectivity index (χ0n) is 15.3. The van der Waals surface area contributed by atoms with Gasteiger partial charge >= 0.3 is 0 Å². The number of hydrogen-bond acceptors (Lipinski definition) is 6. The zero-order valence-corrected chi connectivity index (χ0v) is 16.1. The molecule has 0 fully saturated rings. The summed E-state index contributed by atoms with van der Waals surface area (Å²) in [6.07, 6.45) is 0. The van der Waals surface area contributed by atoms with E-state index >= 15 is 0 Å². The van der Waals surface area contributed by atoms with Gasteiger partial charge in [-0.2, -0.15) is 0 Å². The lowest BCUT2D eigenvalue weighted by molar-refractivity contribution is 0.102. The van der Waals surface area contributed by atoms with Crippen LogP contribution in [-0.4, -0.2) is 32.9 Å². The minimum absolute atomic E-state index is 0.0528. The van der Waals surface area contributed by atoms with E-state index in [-0.39, 0.29) is 11.5 Å². The van der Waals surface area contributed by atoms with Gasteiger partial charge in [0.1, 0.15) is 5.75 Å². The van der Waals surface area contributed by atoms with E-state index in [9.17, 15) is 4.79 Å². The number of thioether (sulfide) groups is 1. The maximum atomic E-state index is 12.4. The molecule has 3 rings (SSSR count). The van der Waals surface area contributed by atoms with Crippen molar-refractivity contribution < 1.29 is 13.9 Å². The van der Waals surface area contributed by atoms with Crippen molar-refractivity contribution in [2.45, 2.75) is 26.0 Å². The van der Waals surface area contributed by atoms with Crippen LogP contribution in [0.15, 0.2) is 40.0 Å². The molecular weight excluding hydrogens is 350 g/mol. The minimum Gasteiger partial charge on any atom is -0.494 e. The first-order chi connectivity index (χ1) is 12.5. The smallest absolute Gasteiger partial charge is 0.277 e. The molecule has 136 valence electrons. The number of ether oxygens (including phenoxy) is 1. The second-order valence-corrected chi connectivity index (χ2v) is 6.81. The van der Waals surface area contributed by atoms with Gasteiger partial charge in [0, 0.05) is 29.6 Å². The minimum atomic E-state index is 0.0528. The number of aryl methyl sites for hydroxylation is 1. The molecule has 0 bridgehead atoms. The molecule has 0 saturated heterocycles. The molecule has 0 aliphatic rings. The Morgan fingerprint density at radius 3 is 2.58 bits per heavy atom. The van der Waals surface area contributed by atoms with Gasteiger partial charge in [0.2, 0.25) is 5.89 Å². The van der Waals surface area contributed by atoms with Gasteiger partial charge in [-0.3, -0.25) is 4.79 Å². The lowest BCUT2D eigenvalue weighted by Crippen LogP contribution is -2.04. The molecule has 0 atom stereocenters. The maximum Gasteiger partial charge on any atom is 0.277 e. The van der Waals surface area contributed by atoms with Crippen molar-refractivity contribution in [1.82, 2.24) is 14.8 Å². The first-order valence-corrected chi connectivity index (χ1v) is 9.33. The molecule has 0 aliphatic carbocycles. The third kappa shape index (κ3) is 3.83. The predicted octanol–water partition coefficient (Wildman–Crippen LogP) is 4.07. The first-order valence-electron chi connectivity index (χ1n) is 8.35.